The van der Waals surface area contributed by atoms with Crippen LogP contribution in [0.25, 0.3) is 0 Å². The van der Waals surface area contributed by atoms with Gasteiger partial charge in [-0.25, -0.2) is 0 Å². The lowest BCUT2D eigenvalue weighted by Gasteiger charge is -2.44. The first-order valence-electron chi connectivity index (χ1n) is 11.4. The summed E-state index contributed by atoms with van der Waals surface area (Å²) in [5.41, 5.74) is 2.60. The fraction of sp³-hybridized carbons (Fsp3) is 0.286. The number of rotatable bonds is 5. The maximum atomic E-state index is 14.0. The van der Waals surface area contributed by atoms with Crippen LogP contribution in [0.1, 0.15) is 37.4 Å². The van der Waals surface area contributed by atoms with Crippen molar-refractivity contribution in [1.82, 2.24) is 9.80 Å². The van der Waals surface area contributed by atoms with Gasteiger partial charge in [0.2, 0.25) is 0 Å². The molecular weight excluding hydrogens is 412 g/mol. The van der Waals surface area contributed by atoms with Crippen molar-refractivity contribution < 1.29 is 14.3 Å². The number of nitrogens with zero attached hydrogens (tertiary/aromatic N) is 2. The SMILES string of the molecule is COc1cc(C)cc(C2(N3CCN(Cc4ccccc4)CC3)C(=O)c3ccccc3C2=O)c1. The highest BCUT2D eigenvalue weighted by Gasteiger charge is 2.58. The van der Waals surface area contributed by atoms with E-state index in [4.69, 9.17) is 4.74 Å². The minimum absolute atomic E-state index is 0.132. The number of aryl methyl sites for hydroxylation is 1. The third-order valence-electron chi connectivity index (χ3n) is 6.87. The Bertz CT molecular complexity index is 1160. The van der Waals surface area contributed by atoms with Crippen molar-refractivity contribution in [1.29, 1.82) is 0 Å². The van der Waals surface area contributed by atoms with Gasteiger partial charge >= 0.3 is 0 Å². The minimum Gasteiger partial charge on any atom is -0.497 e. The van der Waals surface area contributed by atoms with Crippen molar-refractivity contribution in [3.8, 4) is 5.75 Å². The van der Waals surface area contributed by atoms with E-state index in [0.717, 1.165) is 25.2 Å². The molecule has 0 saturated carbocycles. The average molecular weight is 441 g/mol. The Morgan fingerprint density at radius 2 is 1.42 bits per heavy atom. The summed E-state index contributed by atoms with van der Waals surface area (Å²) in [5, 5.41) is 0. The molecule has 0 aromatic heterocycles. The zero-order chi connectivity index (χ0) is 23.0. The van der Waals surface area contributed by atoms with Crippen LogP contribution in [0.15, 0.2) is 72.8 Å². The summed E-state index contributed by atoms with van der Waals surface area (Å²) in [7, 11) is 1.61. The number of hydrogen-bond acceptors (Lipinski definition) is 5. The van der Waals surface area contributed by atoms with E-state index in [-0.39, 0.29) is 11.6 Å². The fourth-order valence-corrected chi connectivity index (χ4v) is 5.26. The van der Waals surface area contributed by atoms with Gasteiger partial charge in [0.05, 0.1) is 7.11 Å². The van der Waals surface area contributed by atoms with Crippen molar-refractivity contribution in [3.05, 3.63) is 101 Å². The van der Waals surface area contributed by atoms with Crippen molar-refractivity contribution in [2.75, 3.05) is 33.3 Å². The molecule has 0 N–H and O–H groups in total. The molecule has 0 amide bonds. The number of carbonyl (C=O) groups excluding carboxylic acids is 2. The molecule has 1 aliphatic carbocycles. The van der Waals surface area contributed by atoms with Gasteiger partial charge in [-0.1, -0.05) is 60.7 Å². The number of ketones is 2. The molecule has 1 saturated heterocycles. The summed E-state index contributed by atoms with van der Waals surface area (Å²) in [6.45, 7) is 5.67. The molecule has 1 fully saturated rings. The second-order valence-electron chi connectivity index (χ2n) is 8.90. The van der Waals surface area contributed by atoms with Crippen LogP contribution < -0.4 is 4.74 Å². The van der Waals surface area contributed by atoms with Crippen LogP contribution in [-0.2, 0) is 12.1 Å². The van der Waals surface area contributed by atoms with Crippen LogP contribution >= 0.6 is 0 Å². The molecule has 0 atom stereocenters. The first-order chi connectivity index (χ1) is 16.0. The molecule has 1 aliphatic heterocycles. The maximum Gasteiger partial charge on any atom is 0.196 e. The molecule has 3 aromatic carbocycles. The van der Waals surface area contributed by atoms with E-state index in [1.54, 1.807) is 19.2 Å². The molecule has 5 nitrogen and oxygen atoms in total. The molecule has 0 radical (unpaired) electrons. The maximum absolute atomic E-state index is 14.0. The molecule has 5 heteroatoms. The second kappa shape index (κ2) is 8.58. The van der Waals surface area contributed by atoms with Gasteiger partial charge < -0.3 is 4.74 Å². The standard InChI is InChI=1S/C28H28N2O3/c1-20-16-22(18-23(17-20)33-2)28(26(31)24-10-6-7-11-25(24)27(28)32)30-14-12-29(13-15-30)19-21-8-4-3-5-9-21/h3-11,16-18H,12-15,19H2,1-2H3. The van der Waals surface area contributed by atoms with E-state index in [1.807, 2.05) is 43.3 Å². The Hall–Kier alpha value is -3.28. The molecule has 5 rings (SSSR count). The van der Waals surface area contributed by atoms with Crippen LogP contribution in [0.2, 0.25) is 0 Å². The van der Waals surface area contributed by atoms with E-state index in [1.165, 1.54) is 5.56 Å². The first kappa shape index (κ1) is 21.6. The number of benzene rings is 3. The van der Waals surface area contributed by atoms with Gasteiger partial charge in [0.25, 0.3) is 0 Å². The lowest BCUT2D eigenvalue weighted by atomic mass is 9.81. The molecule has 0 spiro atoms. The van der Waals surface area contributed by atoms with Gasteiger partial charge in [-0.05, 0) is 35.7 Å². The Balaban J connectivity index is 1.52. The summed E-state index contributed by atoms with van der Waals surface area (Å²) in [5.74, 6) is 0.392. The summed E-state index contributed by atoms with van der Waals surface area (Å²) in [6, 6.07) is 23.3. The number of hydrogen-bond donors (Lipinski definition) is 0. The minimum atomic E-state index is -1.35. The average Bonchev–Trinajstić information content (AvgIpc) is 3.07. The highest BCUT2D eigenvalue weighted by Crippen LogP contribution is 2.44. The number of carbonyl (C=O) groups is 2. The fourth-order valence-electron chi connectivity index (χ4n) is 5.26. The Morgan fingerprint density at radius 3 is 2.03 bits per heavy atom. The van der Waals surface area contributed by atoms with E-state index < -0.39 is 5.54 Å². The van der Waals surface area contributed by atoms with Crippen molar-refractivity contribution in [3.63, 3.8) is 0 Å². The van der Waals surface area contributed by atoms with Crippen molar-refractivity contribution in [2.24, 2.45) is 0 Å². The van der Waals surface area contributed by atoms with E-state index >= 15 is 0 Å². The molecule has 3 aromatic rings. The summed E-state index contributed by atoms with van der Waals surface area (Å²) < 4.78 is 5.51. The molecule has 1 heterocycles. The number of fused-ring (bicyclic) bond motifs is 1. The van der Waals surface area contributed by atoms with Crippen molar-refractivity contribution in [2.45, 2.75) is 19.0 Å². The lowest BCUT2D eigenvalue weighted by Crippen LogP contribution is -2.60. The zero-order valence-corrected chi connectivity index (χ0v) is 19.1. The predicted octanol–water partition coefficient (Wildman–Crippen LogP) is 4.10. The smallest absolute Gasteiger partial charge is 0.196 e. The van der Waals surface area contributed by atoms with Crippen LogP contribution in [-0.4, -0.2) is 54.7 Å². The Kier molecular flexibility index (Phi) is 5.60. The van der Waals surface area contributed by atoms with Gasteiger partial charge in [-0.3, -0.25) is 19.4 Å². The van der Waals surface area contributed by atoms with Gasteiger partial charge in [0, 0.05) is 43.9 Å². The molecule has 33 heavy (non-hydrogen) atoms. The van der Waals surface area contributed by atoms with Crippen LogP contribution in [0.3, 0.4) is 0 Å². The van der Waals surface area contributed by atoms with E-state index in [2.05, 4.69) is 34.1 Å². The predicted molar refractivity (Wildman–Crippen MR) is 128 cm³/mol. The molecule has 2 aliphatic rings. The number of methoxy groups -OCH3 is 1. The highest BCUT2D eigenvalue weighted by molar-refractivity contribution is 6.32. The lowest BCUT2D eigenvalue weighted by molar-refractivity contribution is 0.0278. The largest absolute Gasteiger partial charge is 0.497 e. The van der Waals surface area contributed by atoms with Gasteiger partial charge in [-0.15, -0.1) is 0 Å². The summed E-state index contributed by atoms with van der Waals surface area (Å²) in [6.07, 6.45) is 0. The molecule has 0 bridgehead atoms. The van der Waals surface area contributed by atoms with Gasteiger partial charge in [0.15, 0.2) is 17.1 Å². The molecule has 168 valence electrons. The monoisotopic (exact) mass is 440 g/mol. The van der Waals surface area contributed by atoms with Crippen LogP contribution in [0, 0.1) is 6.92 Å². The molecule has 0 unspecified atom stereocenters. The van der Waals surface area contributed by atoms with Crippen LogP contribution in [0.4, 0.5) is 0 Å². The first-order valence-corrected chi connectivity index (χ1v) is 11.4. The normalized spacial score (nSPS) is 18.4. The topological polar surface area (TPSA) is 49.9 Å². The highest BCUT2D eigenvalue weighted by atomic mass is 16.5. The number of ether oxygens (including phenoxy) is 1. The van der Waals surface area contributed by atoms with Crippen LogP contribution in [0.5, 0.6) is 5.75 Å². The third-order valence-corrected chi connectivity index (χ3v) is 6.87. The Labute approximate surface area is 194 Å². The summed E-state index contributed by atoms with van der Waals surface area (Å²) >= 11 is 0. The zero-order valence-electron chi connectivity index (χ0n) is 19.1. The number of piperazine rings is 1. The quantitative estimate of drug-likeness (QED) is 0.559. The van der Waals surface area contributed by atoms with Crippen molar-refractivity contribution >= 4 is 11.6 Å². The summed E-state index contributed by atoms with van der Waals surface area (Å²) in [4.78, 5) is 32.5. The molecular formula is C28H28N2O3. The van der Waals surface area contributed by atoms with E-state index in [0.29, 0.717) is 35.5 Å². The second-order valence-corrected chi connectivity index (χ2v) is 8.90. The van der Waals surface area contributed by atoms with Gasteiger partial charge in [-0.2, -0.15) is 0 Å². The van der Waals surface area contributed by atoms with E-state index in [9.17, 15) is 9.59 Å². The van der Waals surface area contributed by atoms with Gasteiger partial charge in [0.1, 0.15) is 5.75 Å². The number of Topliss-reactive ketones (excluding diaryl/α,β-unsaturated/α-hetero) is 2. The Morgan fingerprint density at radius 1 is 0.818 bits per heavy atom. The third kappa shape index (κ3) is 3.58.